The number of carbonyl (C=O) groups is 1. The Kier molecular flexibility index (Phi) is 8.44. The smallest absolute Gasteiger partial charge is 0.489 e. The van der Waals surface area contributed by atoms with Crippen molar-refractivity contribution in [3.8, 4) is 5.75 Å². The molecule has 0 saturated carbocycles. The average Bonchev–Trinajstić information content (AvgIpc) is 3.11. The zero-order chi connectivity index (χ0) is 22.4. The van der Waals surface area contributed by atoms with Crippen molar-refractivity contribution in [2.75, 3.05) is 18.9 Å². The minimum atomic E-state index is -5.08. The van der Waals surface area contributed by atoms with Crippen LogP contribution in [0.4, 0.5) is 13.2 Å². The van der Waals surface area contributed by atoms with Gasteiger partial charge in [-0.05, 0) is 37.8 Å². The number of carboxylic acid groups (broad SMARTS) is 1. The summed E-state index contributed by atoms with van der Waals surface area (Å²) in [5.41, 5.74) is 0. The lowest BCUT2D eigenvalue weighted by Gasteiger charge is -2.35. The maximum absolute atomic E-state index is 12.3. The first-order chi connectivity index (χ1) is 14.0. The number of fused-ring (bicyclic) bond motifs is 1. The molecule has 0 aromatic carbocycles. The molecule has 0 bridgehead atoms. The van der Waals surface area contributed by atoms with E-state index in [1.807, 2.05) is 19.1 Å². The van der Waals surface area contributed by atoms with Crippen molar-refractivity contribution in [2.24, 2.45) is 0 Å². The number of halogens is 3. The van der Waals surface area contributed by atoms with E-state index >= 15 is 0 Å². The highest BCUT2D eigenvalue weighted by atomic mass is 32.2. The molecular weight excluding hydrogens is 429 g/mol. The summed E-state index contributed by atoms with van der Waals surface area (Å²) < 4.78 is 69.8. The molecule has 1 aromatic rings. The Balaban J connectivity index is 0.000000396. The first-order valence-electron chi connectivity index (χ1n) is 9.52. The van der Waals surface area contributed by atoms with Crippen LogP contribution in [0.15, 0.2) is 24.5 Å². The van der Waals surface area contributed by atoms with Gasteiger partial charge in [-0.1, -0.05) is 6.92 Å². The van der Waals surface area contributed by atoms with Crippen molar-refractivity contribution in [3.05, 3.63) is 24.5 Å². The Bertz CT molecular complexity index is 791. The summed E-state index contributed by atoms with van der Waals surface area (Å²) in [6.45, 7) is 2.96. The fourth-order valence-corrected chi connectivity index (χ4v) is 5.21. The molecule has 2 aliphatic rings. The summed E-state index contributed by atoms with van der Waals surface area (Å²) in [6.07, 6.45) is 1.41. The molecule has 0 aliphatic carbocycles. The summed E-state index contributed by atoms with van der Waals surface area (Å²) in [7, 11) is -3.14. The molecule has 2 fully saturated rings. The number of pyridine rings is 1. The summed E-state index contributed by atoms with van der Waals surface area (Å²) in [6, 6.07) is 3.70. The van der Waals surface area contributed by atoms with Crippen molar-refractivity contribution in [1.29, 1.82) is 0 Å². The van der Waals surface area contributed by atoms with E-state index in [0.717, 1.165) is 25.0 Å². The standard InChI is InChI=1S/C16H24N2O4S.C2HF3O2/c1-2-10-23(19,20)18-9-7-16-15(18)6-5-14(22-16)12-21-13-4-3-8-17-11-13;3-2(4,5)1(6)7/h3-4,8,11,14-16H,2,5-7,9-10,12H2,1H3;(H,6,7)/t14-,15+,16+;/m1./s1. The summed E-state index contributed by atoms with van der Waals surface area (Å²) in [5.74, 6) is -1.80. The third kappa shape index (κ3) is 6.81. The molecule has 30 heavy (non-hydrogen) atoms. The van der Waals surface area contributed by atoms with Crippen LogP contribution in [0, 0.1) is 0 Å². The van der Waals surface area contributed by atoms with Gasteiger partial charge in [-0.3, -0.25) is 4.98 Å². The van der Waals surface area contributed by atoms with E-state index in [2.05, 4.69) is 4.98 Å². The molecule has 2 aliphatic heterocycles. The van der Waals surface area contributed by atoms with E-state index in [1.165, 1.54) is 0 Å². The second kappa shape index (κ2) is 10.4. The van der Waals surface area contributed by atoms with Crippen LogP contribution in [-0.2, 0) is 19.6 Å². The lowest BCUT2D eigenvalue weighted by atomic mass is 10.0. The van der Waals surface area contributed by atoms with Crippen LogP contribution in [0.5, 0.6) is 5.75 Å². The van der Waals surface area contributed by atoms with E-state index in [1.54, 1.807) is 16.7 Å². The molecule has 2 saturated heterocycles. The average molecular weight is 454 g/mol. The fraction of sp³-hybridized carbons (Fsp3) is 0.667. The van der Waals surface area contributed by atoms with Gasteiger partial charge >= 0.3 is 12.1 Å². The molecule has 0 unspecified atom stereocenters. The van der Waals surface area contributed by atoms with Crippen molar-refractivity contribution in [2.45, 2.75) is 57.0 Å². The van der Waals surface area contributed by atoms with Gasteiger partial charge in [-0.2, -0.15) is 17.5 Å². The number of ether oxygens (including phenoxy) is 2. The number of sulfonamides is 1. The number of carboxylic acids is 1. The Morgan fingerprint density at radius 2 is 2.07 bits per heavy atom. The van der Waals surface area contributed by atoms with Gasteiger partial charge in [0.05, 0.1) is 30.2 Å². The van der Waals surface area contributed by atoms with E-state index in [9.17, 15) is 21.6 Å². The molecule has 3 heterocycles. The van der Waals surface area contributed by atoms with Gasteiger partial charge < -0.3 is 14.6 Å². The second-order valence-corrected chi connectivity index (χ2v) is 9.00. The van der Waals surface area contributed by atoms with Crippen LogP contribution < -0.4 is 4.74 Å². The van der Waals surface area contributed by atoms with E-state index in [4.69, 9.17) is 19.4 Å². The van der Waals surface area contributed by atoms with Crippen molar-refractivity contribution >= 4 is 16.0 Å². The molecule has 1 aromatic heterocycles. The number of hydrogen-bond donors (Lipinski definition) is 1. The quantitative estimate of drug-likeness (QED) is 0.704. The maximum Gasteiger partial charge on any atom is 0.490 e. The fourth-order valence-electron chi connectivity index (χ4n) is 3.42. The zero-order valence-electron chi connectivity index (χ0n) is 16.4. The normalized spacial score (nSPS) is 24.5. The largest absolute Gasteiger partial charge is 0.490 e. The monoisotopic (exact) mass is 454 g/mol. The number of hydrogen-bond acceptors (Lipinski definition) is 6. The Morgan fingerprint density at radius 1 is 1.37 bits per heavy atom. The first kappa shape index (κ1) is 24.4. The summed E-state index contributed by atoms with van der Waals surface area (Å²) >= 11 is 0. The predicted octanol–water partition coefficient (Wildman–Crippen LogP) is 2.46. The lowest BCUT2D eigenvalue weighted by molar-refractivity contribution is -0.192. The van der Waals surface area contributed by atoms with Crippen molar-refractivity contribution in [3.63, 3.8) is 0 Å². The minimum Gasteiger partial charge on any atom is -0.489 e. The van der Waals surface area contributed by atoms with Gasteiger partial charge in [0.15, 0.2) is 0 Å². The van der Waals surface area contributed by atoms with Gasteiger partial charge in [-0.15, -0.1) is 0 Å². The topological polar surface area (TPSA) is 106 Å². The molecule has 3 rings (SSSR count). The Hall–Kier alpha value is -1.92. The van der Waals surface area contributed by atoms with Gasteiger partial charge in [0.1, 0.15) is 12.4 Å². The highest BCUT2D eigenvalue weighted by Crippen LogP contribution is 2.33. The molecule has 1 N–H and O–H groups in total. The van der Waals surface area contributed by atoms with Crippen molar-refractivity contribution in [1.82, 2.24) is 9.29 Å². The first-order valence-corrected chi connectivity index (χ1v) is 11.1. The number of alkyl halides is 3. The third-order valence-electron chi connectivity index (χ3n) is 4.72. The summed E-state index contributed by atoms with van der Waals surface area (Å²) in [5, 5.41) is 7.12. The molecule has 0 radical (unpaired) electrons. The molecule has 8 nitrogen and oxygen atoms in total. The van der Waals surface area contributed by atoms with E-state index < -0.39 is 22.2 Å². The second-order valence-electron chi connectivity index (χ2n) is 6.96. The maximum atomic E-state index is 12.3. The molecule has 12 heteroatoms. The molecule has 170 valence electrons. The SMILES string of the molecule is CCCS(=O)(=O)N1CC[C@@H]2O[C@@H](COc3cccnc3)CC[C@@H]21.O=C(O)C(F)(F)F. The van der Waals surface area contributed by atoms with Crippen molar-refractivity contribution < 1.29 is 41.0 Å². The van der Waals surface area contributed by atoms with E-state index in [0.29, 0.717) is 19.6 Å². The zero-order valence-corrected chi connectivity index (χ0v) is 17.2. The number of rotatable bonds is 6. The van der Waals surface area contributed by atoms with Crippen LogP contribution in [0.3, 0.4) is 0 Å². The van der Waals surface area contributed by atoms with Gasteiger partial charge in [0.25, 0.3) is 0 Å². The lowest BCUT2D eigenvalue weighted by Crippen LogP contribution is -2.46. The number of aromatic nitrogens is 1. The molecule has 3 atom stereocenters. The number of nitrogens with zero attached hydrogens (tertiary/aromatic N) is 2. The van der Waals surface area contributed by atoms with Crippen LogP contribution >= 0.6 is 0 Å². The summed E-state index contributed by atoms with van der Waals surface area (Å²) in [4.78, 5) is 12.9. The molecule has 0 spiro atoms. The minimum absolute atomic E-state index is 0.00110. The Labute approximate surface area is 173 Å². The highest BCUT2D eigenvalue weighted by Gasteiger charge is 2.44. The van der Waals surface area contributed by atoms with Crippen LogP contribution in [0.25, 0.3) is 0 Å². The van der Waals surface area contributed by atoms with Gasteiger partial charge in [0.2, 0.25) is 10.0 Å². The third-order valence-corrected chi connectivity index (χ3v) is 6.81. The molecular formula is C18H25F3N2O6S. The molecule has 0 amide bonds. The highest BCUT2D eigenvalue weighted by molar-refractivity contribution is 7.89. The van der Waals surface area contributed by atoms with Gasteiger partial charge in [0, 0.05) is 12.7 Å². The number of aliphatic carboxylic acids is 1. The predicted molar refractivity (Wildman–Crippen MR) is 101 cm³/mol. The van der Waals surface area contributed by atoms with Gasteiger partial charge in [-0.25, -0.2) is 13.2 Å². The van der Waals surface area contributed by atoms with E-state index in [-0.39, 0.29) is 24.0 Å². The Morgan fingerprint density at radius 3 is 2.63 bits per heavy atom. The van der Waals surface area contributed by atoms with Crippen LogP contribution in [0.1, 0.15) is 32.6 Å². The van der Waals surface area contributed by atoms with Crippen LogP contribution in [-0.4, -0.2) is 72.1 Å². The van der Waals surface area contributed by atoms with Crippen LogP contribution in [0.2, 0.25) is 0 Å².